The molecule has 2 fully saturated rings. The summed E-state index contributed by atoms with van der Waals surface area (Å²) in [5, 5.41) is 8.83. The minimum Gasteiger partial charge on any atom is -0.493 e. The van der Waals surface area contributed by atoms with Crippen molar-refractivity contribution in [3.05, 3.63) is 30.3 Å². The normalized spacial score (nSPS) is 16.0. The summed E-state index contributed by atoms with van der Waals surface area (Å²) < 4.78 is 10.7. The van der Waals surface area contributed by atoms with Gasteiger partial charge in [0, 0.05) is 44.2 Å². The van der Waals surface area contributed by atoms with Crippen molar-refractivity contribution >= 4 is 17.6 Å². The van der Waals surface area contributed by atoms with Gasteiger partial charge in [0.2, 0.25) is 11.8 Å². The van der Waals surface area contributed by atoms with Crippen molar-refractivity contribution in [3.63, 3.8) is 0 Å². The van der Waals surface area contributed by atoms with Gasteiger partial charge in [-0.1, -0.05) is 13.3 Å². The molecule has 0 N–H and O–H groups in total. The van der Waals surface area contributed by atoms with Crippen LogP contribution in [-0.4, -0.2) is 85.3 Å². The molecule has 0 spiro atoms. The summed E-state index contributed by atoms with van der Waals surface area (Å²) in [4.78, 5) is 31.4. The first-order valence-electron chi connectivity index (χ1n) is 12.4. The summed E-state index contributed by atoms with van der Waals surface area (Å²) in [6.07, 6.45) is 3.89. The molecule has 1 aliphatic heterocycles. The van der Waals surface area contributed by atoms with E-state index in [1.165, 1.54) is 0 Å². The van der Waals surface area contributed by atoms with E-state index in [1.54, 1.807) is 19.1 Å². The molecule has 9 heteroatoms. The fourth-order valence-electron chi connectivity index (χ4n) is 4.54. The highest BCUT2D eigenvalue weighted by atomic mass is 16.5. The highest BCUT2D eigenvalue weighted by Crippen LogP contribution is 2.32. The van der Waals surface area contributed by atoms with Gasteiger partial charge in [0.05, 0.1) is 26.5 Å². The van der Waals surface area contributed by atoms with Gasteiger partial charge in [0.25, 0.3) is 0 Å². The molecule has 0 radical (unpaired) electrons. The highest BCUT2D eigenvalue weighted by Gasteiger charge is 2.31. The quantitative estimate of drug-likeness (QED) is 0.544. The highest BCUT2D eigenvalue weighted by molar-refractivity contribution is 5.86. The third kappa shape index (κ3) is 5.66. The molecule has 188 valence electrons. The third-order valence-corrected chi connectivity index (χ3v) is 6.87. The summed E-state index contributed by atoms with van der Waals surface area (Å²) >= 11 is 0. The maximum absolute atomic E-state index is 12.9. The number of anilines is 1. The number of hydrogen-bond donors (Lipinski definition) is 0. The van der Waals surface area contributed by atoms with Crippen LogP contribution >= 0.6 is 0 Å². The number of amides is 2. The van der Waals surface area contributed by atoms with Crippen molar-refractivity contribution in [2.75, 3.05) is 58.4 Å². The molecular formula is C26H35N5O4. The molecule has 1 saturated heterocycles. The lowest BCUT2D eigenvalue weighted by molar-refractivity contribution is -0.144. The van der Waals surface area contributed by atoms with Crippen LogP contribution in [0.15, 0.2) is 30.3 Å². The Kier molecular flexibility index (Phi) is 8.05. The zero-order valence-electron chi connectivity index (χ0n) is 20.9. The predicted molar refractivity (Wildman–Crippen MR) is 134 cm³/mol. The molecule has 1 aromatic carbocycles. The van der Waals surface area contributed by atoms with Crippen molar-refractivity contribution < 1.29 is 19.1 Å². The van der Waals surface area contributed by atoms with Gasteiger partial charge in [0.1, 0.15) is 0 Å². The van der Waals surface area contributed by atoms with E-state index in [2.05, 4.69) is 15.1 Å². The molecule has 0 atom stereocenters. The second kappa shape index (κ2) is 11.4. The molecule has 0 bridgehead atoms. The predicted octanol–water partition coefficient (Wildman–Crippen LogP) is 2.85. The monoisotopic (exact) mass is 481 g/mol. The number of methoxy groups -OCH3 is 2. The smallest absolute Gasteiger partial charge is 0.242 e. The second-order valence-corrected chi connectivity index (χ2v) is 9.10. The van der Waals surface area contributed by atoms with Crippen LogP contribution in [0.1, 0.15) is 32.6 Å². The average Bonchev–Trinajstić information content (AvgIpc) is 2.87. The number of rotatable bonds is 9. The minimum atomic E-state index is 0.0284. The summed E-state index contributed by atoms with van der Waals surface area (Å²) in [5.74, 6) is 2.39. The first kappa shape index (κ1) is 24.8. The largest absolute Gasteiger partial charge is 0.493 e. The lowest BCUT2D eigenvalue weighted by Crippen LogP contribution is -2.52. The number of benzene rings is 1. The fraction of sp³-hybridized carbons (Fsp3) is 0.538. The van der Waals surface area contributed by atoms with Gasteiger partial charge < -0.3 is 24.2 Å². The van der Waals surface area contributed by atoms with Crippen molar-refractivity contribution in [2.24, 2.45) is 5.92 Å². The first-order chi connectivity index (χ1) is 17.0. The Labute approximate surface area is 207 Å². The molecule has 2 heterocycles. The lowest BCUT2D eigenvalue weighted by atomic mass is 9.84. The number of carbonyl (C=O) groups is 2. The number of nitrogens with zero attached hydrogens (tertiary/aromatic N) is 5. The molecule has 1 aromatic heterocycles. The molecule has 0 unspecified atom stereocenters. The summed E-state index contributed by atoms with van der Waals surface area (Å²) in [7, 11) is 3.21. The summed E-state index contributed by atoms with van der Waals surface area (Å²) in [5.41, 5.74) is 1.64. The van der Waals surface area contributed by atoms with Crippen LogP contribution in [0.25, 0.3) is 11.3 Å². The third-order valence-electron chi connectivity index (χ3n) is 6.87. The van der Waals surface area contributed by atoms with Crippen LogP contribution in [0, 0.1) is 5.92 Å². The van der Waals surface area contributed by atoms with E-state index in [9.17, 15) is 9.59 Å². The minimum absolute atomic E-state index is 0.0284. The Bertz CT molecular complexity index is 1020. The summed E-state index contributed by atoms with van der Waals surface area (Å²) in [6.45, 7) is 5.44. The molecule has 4 rings (SSSR count). The average molecular weight is 482 g/mol. The van der Waals surface area contributed by atoms with E-state index >= 15 is 0 Å². The zero-order valence-corrected chi connectivity index (χ0v) is 20.9. The van der Waals surface area contributed by atoms with Crippen molar-refractivity contribution in [1.29, 1.82) is 0 Å². The molecule has 9 nitrogen and oxygen atoms in total. The lowest BCUT2D eigenvalue weighted by Gasteiger charge is -2.37. The van der Waals surface area contributed by atoms with E-state index in [0.717, 1.165) is 42.8 Å². The van der Waals surface area contributed by atoms with Crippen LogP contribution in [0.2, 0.25) is 0 Å². The van der Waals surface area contributed by atoms with Gasteiger partial charge in [-0.05, 0) is 49.6 Å². The molecule has 35 heavy (non-hydrogen) atoms. The number of aromatic nitrogens is 2. The van der Waals surface area contributed by atoms with Gasteiger partial charge >= 0.3 is 0 Å². The molecule has 2 amide bonds. The van der Waals surface area contributed by atoms with Crippen LogP contribution in [0.4, 0.5) is 5.82 Å². The van der Waals surface area contributed by atoms with Crippen LogP contribution < -0.4 is 14.4 Å². The molecule has 1 aliphatic carbocycles. The Hall–Kier alpha value is -3.36. The van der Waals surface area contributed by atoms with Crippen LogP contribution in [0.3, 0.4) is 0 Å². The number of ether oxygens (including phenoxy) is 2. The molecule has 2 aliphatic rings. The van der Waals surface area contributed by atoms with E-state index in [-0.39, 0.29) is 24.3 Å². The van der Waals surface area contributed by atoms with E-state index < -0.39 is 0 Å². The van der Waals surface area contributed by atoms with E-state index in [4.69, 9.17) is 9.47 Å². The van der Waals surface area contributed by atoms with Crippen LogP contribution in [0.5, 0.6) is 11.5 Å². The topological polar surface area (TPSA) is 88.1 Å². The Morgan fingerprint density at radius 3 is 2.31 bits per heavy atom. The fourth-order valence-corrected chi connectivity index (χ4v) is 4.54. The SMILES string of the molecule is CCCN(CC(=O)N1CCN(c2ccc(-c3ccc(OC)c(OC)c3)nn2)CC1)C(=O)C1CCC1. The van der Waals surface area contributed by atoms with Crippen molar-refractivity contribution in [1.82, 2.24) is 20.0 Å². The standard InChI is InChI=1S/C26H35N5O4/c1-4-12-31(26(33)19-6-5-7-19)18-25(32)30-15-13-29(14-16-30)24-11-9-21(27-28-24)20-8-10-22(34-2)23(17-20)35-3/h8-11,17,19H,4-7,12-16,18H2,1-3H3. The van der Waals surface area contributed by atoms with Crippen molar-refractivity contribution in [2.45, 2.75) is 32.6 Å². The number of hydrogen-bond acceptors (Lipinski definition) is 7. The van der Waals surface area contributed by atoms with Gasteiger partial charge in [-0.2, -0.15) is 0 Å². The van der Waals surface area contributed by atoms with E-state index in [0.29, 0.717) is 44.2 Å². The van der Waals surface area contributed by atoms with Crippen LogP contribution in [-0.2, 0) is 9.59 Å². The number of piperazine rings is 1. The Morgan fingerprint density at radius 2 is 1.74 bits per heavy atom. The maximum Gasteiger partial charge on any atom is 0.242 e. The molecule has 1 saturated carbocycles. The van der Waals surface area contributed by atoms with Gasteiger partial charge in [-0.3, -0.25) is 9.59 Å². The Morgan fingerprint density at radius 1 is 1.00 bits per heavy atom. The number of carbonyl (C=O) groups excluding carboxylic acids is 2. The maximum atomic E-state index is 12.9. The second-order valence-electron chi connectivity index (χ2n) is 9.10. The summed E-state index contributed by atoms with van der Waals surface area (Å²) in [6, 6.07) is 9.55. The van der Waals surface area contributed by atoms with Crippen molar-refractivity contribution in [3.8, 4) is 22.8 Å². The first-order valence-corrected chi connectivity index (χ1v) is 12.4. The van der Waals surface area contributed by atoms with Gasteiger partial charge in [0.15, 0.2) is 17.3 Å². The molecular weight excluding hydrogens is 446 g/mol. The zero-order chi connectivity index (χ0) is 24.8. The van der Waals surface area contributed by atoms with E-state index in [1.807, 2.05) is 42.2 Å². The Balaban J connectivity index is 1.32. The molecule has 2 aromatic rings. The van der Waals surface area contributed by atoms with Gasteiger partial charge in [-0.15, -0.1) is 10.2 Å². The van der Waals surface area contributed by atoms with Gasteiger partial charge in [-0.25, -0.2) is 0 Å².